The predicted octanol–water partition coefficient (Wildman–Crippen LogP) is 3.77. The van der Waals surface area contributed by atoms with Crippen LogP contribution in [-0.2, 0) is 33.5 Å². The number of hydrogen-bond donors (Lipinski definition) is 3. The number of alkyl carbamates (subject to hydrolysis) is 1. The van der Waals surface area contributed by atoms with Crippen LogP contribution in [0.1, 0.15) is 30.5 Å². The van der Waals surface area contributed by atoms with Crippen molar-refractivity contribution in [2.24, 2.45) is 5.92 Å². The Morgan fingerprint density at radius 2 is 1.61 bits per heavy atom. The summed E-state index contributed by atoms with van der Waals surface area (Å²) in [6.07, 6.45) is -5.81. The lowest BCUT2D eigenvalue weighted by molar-refractivity contribution is -0.142. The number of nitrogens with one attached hydrogen (secondary N) is 2. The van der Waals surface area contributed by atoms with Gasteiger partial charge in [0.15, 0.2) is 0 Å². The van der Waals surface area contributed by atoms with E-state index < -0.39 is 47.7 Å². The number of carboxylic acids is 1. The number of halogens is 3. The molecule has 0 saturated carbocycles. The van der Waals surface area contributed by atoms with Gasteiger partial charge in [-0.1, -0.05) is 62.4 Å². The van der Waals surface area contributed by atoms with E-state index >= 15 is 0 Å². The Balaban J connectivity index is 2.03. The number of aliphatic carboxylic acids is 1. The van der Waals surface area contributed by atoms with Gasteiger partial charge in [-0.25, -0.2) is 9.59 Å². The number of ether oxygens (including phenoxy) is 1. The average molecular weight is 466 g/mol. The van der Waals surface area contributed by atoms with Crippen molar-refractivity contribution in [2.75, 3.05) is 0 Å². The molecular formula is C23H25F3N2O5. The summed E-state index contributed by atoms with van der Waals surface area (Å²) in [5.41, 5.74) is -0.0857. The van der Waals surface area contributed by atoms with E-state index in [1.165, 1.54) is 12.1 Å². The van der Waals surface area contributed by atoms with Crippen molar-refractivity contribution < 1.29 is 37.4 Å². The highest BCUT2D eigenvalue weighted by Gasteiger charge is 2.32. The molecule has 3 N–H and O–H groups in total. The Kier molecular flexibility index (Phi) is 8.84. The van der Waals surface area contributed by atoms with Gasteiger partial charge in [-0.05, 0) is 23.1 Å². The summed E-state index contributed by atoms with van der Waals surface area (Å²) < 4.78 is 43.9. The van der Waals surface area contributed by atoms with Crippen LogP contribution in [0.3, 0.4) is 0 Å². The average Bonchev–Trinajstić information content (AvgIpc) is 2.75. The van der Waals surface area contributed by atoms with E-state index in [-0.39, 0.29) is 18.6 Å². The first-order valence-electron chi connectivity index (χ1n) is 10.1. The quantitative estimate of drug-likeness (QED) is 0.522. The summed E-state index contributed by atoms with van der Waals surface area (Å²) in [5, 5.41) is 14.2. The molecule has 0 heterocycles. The molecule has 2 rings (SSSR count). The molecule has 2 amide bonds. The third kappa shape index (κ3) is 8.13. The molecule has 7 nitrogen and oxygen atoms in total. The molecule has 2 atom stereocenters. The van der Waals surface area contributed by atoms with E-state index in [2.05, 4.69) is 10.6 Å². The minimum Gasteiger partial charge on any atom is -0.480 e. The van der Waals surface area contributed by atoms with Gasteiger partial charge in [0.2, 0.25) is 5.91 Å². The zero-order chi connectivity index (χ0) is 24.6. The first-order valence-corrected chi connectivity index (χ1v) is 10.1. The summed E-state index contributed by atoms with van der Waals surface area (Å²) in [5.74, 6) is -2.63. The van der Waals surface area contributed by atoms with Crippen molar-refractivity contribution in [1.82, 2.24) is 10.6 Å². The maximum absolute atomic E-state index is 12.9. The minimum absolute atomic E-state index is 0.0214. The molecule has 0 radical (unpaired) electrons. The van der Waals surface area contributed by atoms with Crippen LogP contribution >= 0.6 is 0 Å². The van der Waals surface area contributed by atoms with Crippen LogP contribution in [0.4, 0.5) is 18.0 Å². The molecule has 0 aliphatic heterocycles. The topological polar surface area (TPSA) is 105 Å². The molecule has 0 saturated heterocycles. The van der Waals surface area contributed by atoms with E-state index in [0.29, 0.717) is 0 Å². The molecule has 2 aromatic carbocycles. The van der Waals surface area contributed by atoms with Gasteiger partial charge in [0.25, 0.3) is 0 Å². The summed E-state index contributed by atoms with van der Waals surface area (Å²) in [6.45, 7) is 3.26. The number of carboxylic acid groups (broad SMARTS) is 1. The summed E-state index contributed by atoms with van der Waals surface area (Å²) in [4.78, 5) is 36.5. The first-order chi connectivity index (χ1) is 15.5. The van der Waals surface area contributed by atoms with Crippen molar-refractivity contribution in [3.63, 3.8) is 0 Å². The fraction of sp³-hybridized carbons (Fsp3) is 0.348. The van der Waals surface area contributed by atoms with Gasteiger partial charge in [0.1, 0.15) is 18.7 Å². The first kappa shape index (κ1) is 25.7. The Morgan fingerprint density at radius 3 is 2.18 bits per heavy atom. The number of benzene rings is 2. The second-order valence-electron chi connectivity index (χ2n) is 7.73. The fourth-order valence-electron chi connectivity index (χ4n) is 3.00. The molecular weight excluding hydrogens is 441 g/mol. The van der Waals surface area contributed by atoms with Gasteiger partial charge >= 0.3 is 18.2 Å². The normalized spacial score (nSPS) is 13.2. The zero-order valence-corrected chi connectivity index (χ0v) is 18.1. The molecule has 0 aromatic heterocycles. The second kappa shape index (κ2) is 11.3. The van der Waals surface area contributed by atoms with Gasteiger partial charge in [-0.15, -0.1) is 0 Å². The van der Waals surface area contributed by atoms with Crippen molar-refractivity contribution >= 4 is 18.0 Å². The van der Waals surface area contributed by atoms with Crippen molar-refractivity contribution in [3.8, 4) is 0 Å². The molecule has 10 heteroatoms. The van der Waals surface area contributed by atoms with Crippen molar-refractivity contribution in [3.05, 3.63) is 71.3 Å². The SMILES string of the molecule is CC(C)[C@H](NC(=O)OCc1ccccc1)C(=O)N[C@@H](Cc1cccc(C(F)(F)F)c1)C(=O)O. The van der Waals surface area contributed by atoms with Gasteiger partial charge in [-0.3, -0.25) is 4.79 Å². The molecule has 2 aromatic rings. The highest BCUT2D eigenvalue weighted by molar-refractivity contribution is 5.89. The minimum atomic E-state index is -4.58. The number of carbonyl (C=O) groups excluding carboxylic acids is 2. The predicted molar refractivity (Wildman–Crippen MR) is 113 cm³/mol. The lowest BCUT2D eigenvalue weighted by Crippen LogP contribution is -2.54. The number of rotatable bonds is 9. The summed E-state index contributed by atoms with van der Waals surface area (Å²) in [7, 11) is 0. The maximum Gasteiger partial charge on any atom is 0.416 e. The third-order valence-corrected chi connectivity index (χ3v) is 4.74. The Labute approximate surface area is 188 Å². The van der Waals surface area contributed by atoms with Crippen LogP contribution in [0.2, 0.25) is 0 Å². The lowest BCUT2D eigenvalue weighted by atomic mass is 10.0. The van der Waals surface area contributed by atoms with Crippen LogP contribution < -0.4 is 10.6 Å². The number of amides is 2. The zero-order valence-electron chi connectivity index (χ0n) is 18.1. The Hall–Kier alpha value is -3.56. The van der Waals surface area contributed by atoms with Crippen molar-refractivity contribution in [1.29, 1.82) is 0 Å². The van der Waals surface area contributed by atoms with Crippen LogP contribution in [0.25, 0.3) is 0 Å². The van der Waals surface area contributed by atoms with Gasteiger partial charge < -0.3 is 20.5 Å². The van der Waals surface area contributed by atoms with E-state index in [9.17, 15) is 32.7 Å². The highest BCUT2D eigenvalue weighted by Crippen LogP contribution is 2.29. The van der Waals surface area contributed by atoms with Gasteiger partial charge in [-0.2, -0.15) is 13.2 Å². The molecule has 0 bridgehead atoms. The molecule has 178 valence electrons. The largest absolute Gasteiger partial charge is 0.480 e. The van der Waals surface area contributed by atoms with Crippen LogP contribution in [0.15, 0.2) is 54.6 Å². The summed E-state index contributed by atoms with van der Waals surface area (Å²) in [6, 6.07) is 10.5. The van der Waals surface area contributed by atoms with E-state index in [4.69, 9.17) is 4.74 Å². The van der Waals surface area contributed by atoms with Gasteiger partial charge in [0, 0.05) is 6.42 Å². The number of alkyl halides is 3. The lowest BCUT2D eigenvalue weighted by Gasteiger charge is -2.24. The smallest absolute Gasteiger partial charge is 0.416 e. The van der Waals surface area contributed by atoms with E-state index in [0.717, 1.165) is 17.7 Å². The van der Waals surface area contributed by atoms with Crippen LogP contribution in [0, 0.1) is 5.92 Å². The maximum atomic E-state index is 12.9. The van der Waals surface area contributed by atoms with Crippen LogP contribution in [0.5, 0.6) is 0 Å². The summed E-state index contributed by atoms with van der Waals surface area (Å²) >= 11 is 0. The van der Waals surface area contributed by atoms with E-state index in [1.807, 2.05) is 0 Å². The fourth-order valence-corrected chi connectivity index (χ4v) is 3.00. The molecule has 0 aliphatic rings. The molecule has 0 unspecified atom stereocenters. The number of carbonyl (C=O) groups is 3. The number of hydrogen-bond acceptors (Lipinski definition) is 4. The Morgan fingerprint density at radius 1 is 0.970 bits per heavy atom. The Bertz CT molecular complexity index is 964. The van der Waals surface area contributed by atoms with Crippen LogP contribution in [-0.4, -0.2) is 35.2 Å². The third-order valence-electron chi connectivity index (χ3n) is 4.74. The van der Waals surface area contributed by atoms with E-state index in [1.54, 1.807) is 44.2 Å². The monoisotopic (exact) mass is 466 g/mol. The van der Waals surface area contributed by atoms with Gasteiger partial charge in [0.05, 0.1) is 5.56 Å². The second-order valence-corrected chi connectivity index (χ2v) is 7.73. The van der Waals surface area contributed by atoms with Crippen molar-refractivity contribution in [2.45, 2.75) is 45.1 Å². The molecule has 0 spiro atoms. The highest BCUT2D eigenvalue weighted by atomic mass is 19.4. The molecule has 0 fully saturated rings. The standard InChI is InChI=1S/C23H25F3N2O5/c1-14(2)19(28-22(32)33-13-15-7-4-3-5-8-15)20(29)27-18(21(30)31)12-16-9-6-10-17(11-16)23(24,25)26/h3-11,14,18-19H,12-13H2,1-2H3,(H,27,29)(H,28,32)(H,30,31)/t18-,19-/m0/s1. The molecule has 33 heavy (non-hydrogen) atoms. The molecule has 0 aliphatic carbocycles.